The van der Waals surface area contributed by atoms with E-state index in [0.717, 1.165) is 26.1 Å². The number of hydrogen-bond acceptors (Lipinski definition) is 2. The molecule has 0 bridgehead atoms. The molecule has 0 spiro atoms. The van der Waals surface area contributed by atoms with E-state index >= 15 is 0 Å². The van der Waals surface area contributed by atoms with E-state index in [-0.39, 0.29) is 0 Å². The fourth-order valence-electron chi connectivity index (χ4n) is 1.78. The van der Waals surface area contributed by atoms with Crippen molar-refractivity contribution in [3.8, 4) is 0 Å². The van der Waals surface area contributed by atoms with Gasteiger partial charge in [-0.1, -0.05) is 29.8 Å². The molecule has 2 heteroatoms. The lowest BCUT2D eigenvalue weighted by Gasteiger charge is -2.15. The van der Waals surface area contributed by atoms with Crippen LogP contribution in [0.1, 0.15) is 24.5 Å². The molecule has 16 heavy (non-hydrogen) atoms. The summed E-state index contributed by atoms with van der Waals surface area (Å²) in [4.78, 5) is 0. The Kier molecular flexibility index (Phi) is 6.12. The van der Waals surface area contributed by atoms with Gasteiger partial charge in [-0.3, -0.25) is 0 Å². The van der Waals surface area contributed by atoms with E-state index in [4.69, 9.17) is 4.74 Å². The second-order valence-corrected chi connectivity index (χ2v) is 4.17. The van der Waals surface area contributed by atoms with Gasteiger partial charge in [0.15, 0.2) is 0 Å². The molecule has 1 unspecified atom stereocenters. The molecule has 1 N–H and O–H groups in total. The summed E-state index contributed by atoms with van der Waals surface area (Å²) in [5.74, 6) is 0. The maximum atomic E-state index is 5.44. The predicted octanol–water partition coefficient (Wildman–Crippen LogP) is 2.55. The fourth-order valence-corrected chi connectivity index (χ4v) is 1.78. The molecule has 2 nitrogen and oxygen atoms in total. The number of nitrogens with one attached hydrogen (secondary N) is 1. The number of hydrogen-bond donors (Lipinski definition) is 1. The van der Waals surface area contributed by atoms with Crippen molar-refractivity contribution in [3.63, 3.8) is 0 Å². The van der Waals surface area contributed by atoms with E-state index in [9.17, 15) is 0 Å². The molecule has 0 aliphatic rings. The van der Waals surface area contributed by atoms with Gasteiger partial charge in [0, 0.05) is 12.6 Å². The Bertz CT molecular complexity index is 299. The molecule has 0 radical (unpaired) electrons. The van der Waals surface area contributed by atoms with Crippen molar-refractivity contribution >= 4 is 0 Å². The van der Waals surface area contributed by atoms with Crippen molar-refractivity contribution in [2.75, 3.05) is 20.3 Å². The monoisotopic (exact) mass is 221 g/mol. The highest BCUT2D eigenvalue weighted by molar-refractivity contribution is 5.22. The van der Waals surface area contributed by atoms with Crippen molar-refractivity contribution in [1.82, 2.24) is 5.32 Å². The standard InChI is InChI=1S/C14H23NO/c1-4-16-11-14(15-3)9-8-13-7-5-6-12(2)10-13/h5-7,10,14-15H,4,8-9,11H2,1-3H3. The number of ether oxygens (including phenoxy) is 1. The Morgan fingerprint density at radius 3 is 2.81 bits per heavy atom. The highest BCUT2D eigenvalue weighted by Gasteiger charge is 2.05. The molecular weight excluding hydrogens is 198 g/mol. The summed E-state index contributed by atoms with van der Waals surface area (Å²) < 4.78 is 5.44. The van der Waals surface area contributed by atoms with Crippen LogP contribution in [0.2, 0.25) is 0 Å². The van der Waals surface area contributed by atoms with Crippen molar-refractivity contribution in [1.29, 1.82) is 0 Å². The van der Waals surface area contributed by atoms with Crippen LogP contribution in [-0.4, -0.2) is 26.3 Å². The first-order chi connectivity index (χ1) is 7.76. The highest BCUT2D eigenvalue weighted by atomic mass is 16.5. The van der Waals surface area contributed by atoms with Crippen LogP contribution >= 0.6 is 0 Å². The first-order valence-electron chi connectivity index (χ1n) is 6.06. The Balaban J connectivity index is 2.37. The van der Waals surface area contributed by atoms with E-state index in [1.807, 2.05) is 14.0 Å². The van der Waals surface area contributed by atoms with Crippen LogP contribution in [0.15, 0.2) is 24.3 Å². The summed E-state index contributed by atoms with van der Waals surface area (Å²) in [6, 6.07) is 9.18. The lowest BCUT2D eigenvalue weighted by Crippen LogP contribution is -2.30. The van der Waals surface area contributed by atoms with Gasteiger partial charge in [0.1, 0.15) is 0 Å². The highest BCUT2D eigenvalue weighted by Crippen LogP contribution is 2.08. The van der Waals surface area contributed by atoms with Gasteiger partial charge >= 0.3 is 0 Å². The summed E-state index contributed by atoms with van der Waals surface area (Å²) in [5.41, 5.74) is 2.75. The number of aryl methyl sites for hydroxylation is 2. The first-order valence-corrected chi connectivity index (χ1v) is 6.06. The molecule has 0 amide bonds. The Morgan fingerprint density at radius 1 is 1.38 bits per heavy atom. The van der Waals surface area contributed by atoms with Gasteiger partial charge in [-0.25, -0.2) is 0 Å². The van der Waals surface area contributed by atoms with Gasteiger partial charge in [0.25, 0.3) is 0 Å². The average molecular weight is 221 g/mol. The van der Waals surface area contributed by atoms with Crippen LogP contribution in [-0.2, 0) is 11.2 Å². The number of likely N-dealkylation sites (N-methyl/N-ethyl adjacent to an activating group) is 1. The van der Waals surface area contributed by atoms with Crippen molar-refractivity contribution in [2.24, 2.45) is 0 Å². The molecule has 1 aromatic carbocycles. The normalized spacial score (nSPS) is 12.7. The lowest BCUT2D eigenvalue weighted by molar-refractivity contribution is 0.122. The third kappa shape index (κ3) is 4.77. The fraction of sp³-hybridized carbons (Fsp3) is 0.571. The maximum absolute atomic E-state index is 5.44. The molecule has 0 aliphatic carbocycles. The van der Waals surface area contributed by atoms with Gasteiger partial charge in [-0.05, 0) is 39.3 Å². The third-order valence-corrected chi connectivity index (χ3v) is 2.80. The van der Waals surface area contributed by atoms with Gasteiger partial charge in [0.05, 0.1) is 6.61 Å². The first kappa shape index (κ1) is 13.2. The summed E-state index contributed by atoms with van der Waals surface area (Å²) >= 11 is 0. The zero-order valence-electron chi connectivity index (χ0n) is 10.6. The van der Waals surface area contributed by atoms with E-state index < -0.39 is 0 Å². The minimum absolute atomic E-state index is 0.459. The molecule has 1 rings (SSSR count). The SMILES string of the molecule is CCOCC(CCc1cccc(C)c1)NC. The second-order valence-electron chi connectivity index (χ2n) is 4.17. The van der Waals surface area contributed by atoms with E-state index in [0.29, 0.717) is 6.04 Å². The Labute approximate surface area is 99.0 Å². The zero-order chi connectivity index (χ0) is 11.8. The summed E-state index contributed by atoms with van der Waals surface area (Å²) in [7, 11) is 2.00. The minimum atomic E-state index is 0.459. The van der Waals surface area contributed by atoms with Crippen LogP contribution in [0.25, 0.3) is 0 Å². The van der Waals surface area contributed by atoms with Gasteiger partial charge in [-0.15, -0.1) is 0 Å². The van der Waals surface area contributed by atoms with Crippen LogP contribution in [0.4, 0.5) is 0 Å². The molecule has 1 aromatic rings. The molecule has 0 aliphatic heterocycles. The summed E-state index contributed by atoms with van der Waals surface area (Å²) in [6.45, 7) is 5.77. The van der Waals surface area contributed by atoms with E-state index in [1.54, 1.807) is 0 Å². The van der Waals surface area contributed by atoms with Gasteiger partial charge < -0.3 is 10.1 Å². The smallest absolute Gasteiger partial charge is 0.0619 e. The van der Waals surface area contributed by atoms with Crippen molar-refractivity contribution in [2.45, 2.75) is 32.7 Å². The lowest BCUT2D eigenvalue weighted by atomic mass is 10.0. The third-order valence-electron chi connectivity index (χ3n) is 2.80. The van der Waals surface area contributed by atoms with E-state index in [1.165, 1.54) is 11.1 Å². The molecule has 0 fully saturated rings. The van der Waals surface area contributed by atoms with Crippen LogP contribution < -0.4 is 5.32 Å². The van der Waals surface area contributed by atoms with Crippen molar-refractivity contribution < 1.29 is 4.74 Å². The zero-order valence-corrected chi connectivity index (χ0v) is 10.6. The van der Waals surface area contributed by atoms with Crippen LogP contribution in [0, 0.1) is 6.92 Å². The largest absolute Gasteiger partial charge is 0.380 e. The molecule has 90 valence electrons. The summed E-state index contributed by atoms with van der Waals surface area (Å²) in [6.07, 6.45) is 2.24. The van der Waals surface area contributed by atoms with Gasteiger partial charge in [0.2, 0.25) is 0 Å². The number of rotatable bonds is 7. The quantitative estimate of drug-likeness (QED) is 0.764. The molecule has 0 heterocycles. The predicted molar refractivity (Wildman–Crippen MR) is 68.8 cm³/mol. The Morgan fingerprint density at radius 2 is 2.19 bits per heavy atom. The minimum Gasteiger partial charge on any atom is -0.380 e. The Hall–Kier alpha value is -0.860. The van der Waals surface area contributed by atoms with E-state index in [2.05, 4.69) is 36.5 Å². The van der Waals surface area contributed by atoms with Crippen LogP contribution in [0.3, 0.4) is 0 Å². The molecule has 0 saturated carbocycles. The molecule has 0 aromatic heterocycles. The van der Waals surface area contributed by atoms with Gasteiger partial charge in [-0.2, -0.15) is 0 Å². The maximum Gasteiger partial charge on any atom is 0.0619 e. The summed E-state index contributed by atoms with van der Waals surface area (Å²) in [5, 5.41) is 3.30. The molecular formula is C14H23NO. The second kappa shape index (κ2) is 7.42. The molecule has 0 saturated heterocycles. The van der Waals surface area contributed by atoms with Crippen molar-refractivity contribution in [3.05, 3.63) is 35.4 Å². The molecule has 1 atom stereocenters. The van der Waals surface area contributed by atoms with Crippen LogP contribution in [0.5, 0.6) is 0 Å². The topological polar surface area (TPSA) is 21.3 Å². The average Bonchev–Trinajstić information content (AvgIpc) is 2.29. The number of benzene rings is 1.